The molecule has 0 aliphatic rings. The number of rotatable bonds is 3. The lowest BCUT2D eigenvalue weighted by atomic mass is 10.2. The van der Waals surface area contributed by atoms with Crippen molar-refractivity contribution in [2.45, 2.75) is 45.3 Å². The highest BCUT2D eigenvalue weighted by Gasteiger charge is 2.36. The third-order valence-electron chi connectivity index (χ3n) is 3.50. The van der Waals surface area contributed by atoms with Crippen LogP contribution in [0.2, 0.25) is 18.1 Å². The summed E-state index contributed by atoms with van der Waals surface area (Å²) in [6.45, 7) is 12.1. The van der Waals surface area contributed by atoms with Gasteiger partial charge in [-0.15, -0.1) is 0 Å². The Labute approximate surface area is 113 Å². The van der Waals surface area contributed by atoms with Crippen LogP contribution in [0.5, 0.6) is 0 Å². The highest BCUT2D eigenvalue weighted by atomic mass is 28.4. The molecule has 0 spiro atoms. The largest absolute Gasteiger partial charge is 0.416 e. The summed E-state index contributed by atoms with van der Waals surface area (Å²) in [5.74, 6) is 6.33. The Kier molecular flexibility index (Phi) is 5.19. The molecular weight excluding hydrogens is 236 g/mol. The Bertz CT molecular complexity index is 418. The molecule has 0 aliphatic heterocycles. The van der Waals surface area contributed by atoms with E-state index in [0.717, 1.165) is 18.6 Å². The summed E-state index contributed by atoms with van der Waals surface area (Å²) in [4.78, 5) is 0. The maximum absolute atomic E-state index is 6.07. The second-order valence-electron chi connectivity index (χ2n) is 6.03. The molecule has 0 saturated carbocycles. The average molecular weight is 260 g/mol. The summed E-state index contributed by atoms with van der Waals surface area (Å²) < 4.78 is 6.07. The lowest BCUT2D eigenvalue weighted by Crippen LogP contribution is -2.40. The van der Waals surface area contributed by atoms with Gasteiger partial charge in [-0.1, -0.05) is 50.8 Å². The van der Waals surface area contributed by atoms with E-state index in [9.17, 15) is 0 Å². The van der Waals surface area contributed by atoms with Crippen LogP contribution in [-0.4, -0.2) is 14.9 Å². The second kappa shape index (κ2) is 6.22. The van der Waals surface area contributed by atoms with Gasteiger partial charge in [0.2, 0.25) is 0 Å². The fourth-order valence-corrected chi connectivity index (χ4v) is 2.31. The number of benzene rings is 1. The molecule has 0 N–H and O–H groups in total. The van der Waals surface area contributed by atoms with Crippen molar-refractivity contribution in [1.29, 1.82) is 0 Å². The molecule has 0 fully saturated rings. The highest BCUT2D eigenvalue weighted by molar-refractivity contribution is 6.74. The van der Waals surface area contributed by atoms with Crippen molar-refractivity contribution >= 4 is 8.32 Å². The Morgan fingerprint density at radius 1 is 1.11 bits per heavy atom. The highest BCUT2D eigenvalue weighted by Crippen LogP contribution is 2.36. The lowest BCUT2D eigenvalue weighted by molar-refractivity contribution is 0.296. The Balaban J connectivity index is 2.39. The molecule has 18 heavy (non-hydrogen) atoms. The van der Waals surface area contributed by atoms with Gasteiger partial charge in [0.15, 0.2) is 8.32 Å². The van der Waals surface area contributed by atoms with E-state index in [-0.39, 0.29) is 5.04 Å². The van der Waals surface area contributed by atoms with E-state index in [1.165, 1.54) is 0 Å². The molecule has 1 rings (SSSR count). The smallest absolute Gasteiger partial charge is 0.192 e. The molecule has 1 nitrogen and oxygen atoms in total. The molecule has 1 aromatic carbocycles. The van der Waals surface area contributed by atoms with Gasteiger partial charge in [-0.2, -0.15) is 0 Å². The van der Waals surface area contributed by atoms with Crippen LogP contribution in [0.4, 0.5) is 0 Å². The van der Waals surface area contributed by atoms with Crippen LogP contribution in [0.3, 0.4) is 0 Å². The van der Waals surface area contributed by atoms with E-state index < -0.39 is 8.32 Å². The summed E-state index contributed by atoms with van der Waals surface area (Å²) in [5.41, 5.74) is 1.07. The van der Waals surface area contributed by atoms with Gasteiger partial charge >= 0.3 is 0 Å². The van der Waals surface area contributed by atoms with Crippen LogP contribution in [0.1, 0.15) is 32.8 Å². The normalized spacial score (nSPS) is 11.8. The first-order chi connectivity index (χ1) is 8.33. The first-order valence-corrected chi connectivity index (χ1v) is 9.42. The molecule has 0 amide bonds. The van der Waals surface area contributed by atoms with Crippen LogP contribution in [0, 0.1) is 11.8 Å². The van der Waals surface area contributed by atoms with Gasteiger partial charge in [0.1, 0.15) is 0 Å². The molecule has 0 heterocycles. The van der Waals surface area contributed by atoms with Gasteiger partial charge in [0.25, 0.3) is 0 Å². The Morgan fingerprint density at radius 2 is 1.72 bits per heavy atom. The van der Waals surface area contributed by atoms with Crippen LogP contribution in [0.15, 0.2) is 30.3 Å². The second-order valence-corrected chi connectivity index (χ2v) is 10.8. The maximum Gasteiger partial charge on any atom is 0.192 e. The number of hydrogen-bond acceptors (Lipinski definition) is 1. The monoisotopic (exact) mass is 260 g/mol. The lowest BCUT2D eigenvalue weighted by Gasteiger charge is -2.35. The molecule has 0 unspecified atom stereocenters. The van der Waals surface area contributed by atoms with E-state index in [1.807, 2.05) is 30.3 Å². The fourth-order valence-electron chi connectivity index (χ4n) is 1.26. The molecule has 98 valence electrons. The topological polar surface area (TPSA) is 9.23 Å². The first-order valence-electron chi connectivity index (χ1n) is 6.51. The van der Waals surface area contributed by atoms with Crippen LogP contribution >= 0.6 is 0 Å². The molecule has 0 atom stereocenters. The average Bonchev–Trinajstić information content (AvgIpc) is 2.28. The third-order valence-corrected chi connectivity index (χ3v) is 8.04. The van der Waals surface area contributed by atoms with E-state index in [0.29, 0.717) is 0 Å². The quantitative estimate of drug-likeness (QED) is 0.443. The molecule has 0 aliphatic carbocycles. The fraction of sp³-hybridized carbons (Fsp3) is 0.500. The molecule has 2 heteroatoms. The van der Waals surface area contributed by atoms with E-state index in [1.54, 1.807) is 0 Å². The minimum atomic E-state index is -1.60. The van der Waals surface area contributed by atoms with Crippen molar-refractivity contribution < 1.29 is 4.43 Å². The van der Waals surface area contributed by atoms with Crippen molar-refractivity contribution in [1.82, 2.24) is 0 Å². The third kappa shape index (κ3) is 4.68. The minimum Gasteiger partial charge on any atom is -0.416 e. The SMILES string of the molecule is CC(C)(C)[Si](C)(C)OCCC#Cc1ccccc1. The van der Waals surface area contributed by atoms with E-state index in [2.05, 4.69) is 45.7 Å². The Hall–Kier alpha value is -1.04. The summed E-state index contributed by atoms with van der Waals surface area (Å²) in [6.07, 6.45) is 0.807. The van der Waals surface area contributed by atoms with Crippen molar-refractivity contribution in [3.63, 3.8) is 0 Å². The van der Waals surface area contributed by atoms with E-state index >= 15 is 0 Å². The van der Waals surface area contributed by atoms with Crippen molar-refractivity contribution in [2.75, 3.05) is 6.61 Å². The summed E-state index contributed by atoms with van der Waals surface area (Å²) in [5, 5.41) is 0.278. The van der Waals surface area contributed by atoms with Crippen LogP contribution in [0.25, 0.3) is 0 Å². The molecular formula is C16H24OSi. The van der Waals surface area contributed by atoms with Crippen molar-refractivity contribution in [3.05, 3.63) is 35.9 Å². The molecule has 0 bridgehead atoms. The molecule has 1 aromatic rings. The van der Waals surface area contributed by atoms with Crippen LogP contribution < -0.4 is 0 Å². The minimum absolute atomic E-state index is 0.278. The molecule has 0 saturated heterocycles. The zero-order valence-corrected chi connectivity index (χ0v) is 13.2. The van der Waals surface area contributed by atoms with Gasteiger partial charge in [-0.3, -0.25) is 0 Å². The van der Waals surface area contributed by atoms with Crippen LogP contribution in [-0.2, 0) is 4.43 Å². The predicted octanol–water partition coefficient (Wildman–Crippen LogP) is 4.45. The standard InChI is InChI=1S/C16H24OSi/c1-16(2,3)18(4,5)17-14-10-9-13-15-11-7-6-8-12-15/h6-8,11-12H,10,14H2,1-5H3. The molecule has 0 radical (unpaired) electrons. The maximum atomic E-state index is 6.07. The Morgan fingerprint density at radius 3 is 2.28 bits per heavy atom. The van der Waals surface area contributed by atoms with Gasteiger partial charge in [-0.25, -0.2) is 0 Å². The zero-order valence-electron chi connectivity index (χ0n) is 12.2. The van der Waals surface area contributed by atoms with Gasteiger partial charge in [-0.05, 0) is 30.3 Å². The van der Waals surface area contributed by atoms with Gasteiger partial charge < -0.3 is 4.43 Å². The predicted molar refractivity (Wildman–Crippen MR) is 81.1 cm³/mol. The van der Waals surface area contributed by atoms with Crippen molar-refractivity contribution in [3.8, 4) is 11.8 Å². The van der Waals surface area contributed by atoms with Gasteiger partial charge in [0.05, 0.1) is 0 Å². The van der Waals surface area contributed by atoms with E-state index in [4.69, 9.17) is 4.43 Å². The summed E-state index contributed by atoms with van der Waals surface area (Å²) in [7, 11) is -1.60. The first kappa shape index (κ1) is 15.0. The summed E-state index contributed by atoms with van der Waals surface area (Å²) in [6, 6.07) is 10.1. The molecule has 0 aromatic heterocycles. The summed E-state index contributed by atoms with van der Waals surface area (Å²) >= 11 is 0. The number of hydrogen-bond donors (Lipinski definition) is 0. The van der Waals surface area contributed by atoms with Crippen molar-refractivity contribution in [2.24, 2.45) is 0 Å². The zero-order chi connectivity index (χ0) is 13.6. The van der Waals surface area contributed by atoms with Gasteiger partial charge in [0, 0.05) is 18.6 Å².